The second-order valence-electron chi connectivity index (χ2n) is 4.53. The third-order valence-electron chi connectivity index (χ3n) is 3.16. The minimum absolute atomic E-state index is 0.0314. The molecule has 0 bridgehead atoms. The number of carbonyl (C=O) groups excluding carboxylic acids is 1. The predicted molar refractivity (Wildman–Crippen MR) is 84.9 cm³/mol. The maximum Gasteiger partial charge on any atom is 0.306 e. The van der Waals surface area contributed by atoms with Crippen molar-refractivity contribution >= 4 is 31.7 Å². The molecule has 0 saturated heterocycles. The Hall–Kier alpha value is -0.920. The number of rotatable bonds is 8. The second-order valence-corrected chi connectivity index (χ2v) is 7.56. The molecule has 0 spiro atoms. The van der Waals surface area contributed by atoms with Crippen LogP contribution in [0.15, 0.2) is 33.6 Å². The molecule has 0 fully saturated rings. The van der Waals surface area contributed by atoms with Gasteiger partial charge in [0, 0.05) is 17.6 Å². The summed E-state index contributed by atoms with van der Waals surface area (Å²) in [5, 5.41) is 0. The highest BCUT2D eigenvalue weighted by Crippen LogP contribution is 2.16. The van der Waals surface area contributed by atoms with Crippen molar-refractivity contribution in [3.63, 3.8) is 0 Å². The third-order valence-corrected chi connectivity index (χ3v) is 5.40. The Kier molecular flexibility index (Phi) is 7.34. The Bertz CT molecular complexity index is 557. The molecule has 0 aliphatic carbocycles. The van der Waals surface area contributed by atoms with Gasteiger partial charge in [-0.2, -0.15) is 0 Å². The summed E-state index contributed by atoms with van der Waals surface area (Å²) in [6.07, 6.45) is 0.267. The Morgan fingerprint density at radius 2 is 1.86 bits per heavy atom. The van der Waals surface area contributed by atoms with E-state index >= 15 is 0 Å². The number of methoxy groups -OCH3 is 1. The van der Waals surface area contributed by atoms with Gasteiger partial charge in [0.05, 0.1) is 24.2 Å². The first kappa shape index (κ1) is 18.1. The molecular formula is C14H20BrNO4S. The normalized spacial score (nSPS) is 11.6. The molecule has 0 amide bonds. The zero-order valence-electron chi connectivity index (χ0n) is 12.2. The van der Waals surface area contributed by atoms with Crippen molar-refractivity contribution in [2.45, 2.75) is 18.2 Å². The van der Waals surface area contributed by atoms with Crippen LogP contribution in [0.25, 0.3) is 0 Å². The molecule has 0 atom stereocenters. The average molecular weight is 378 g/mol. The Morgan fingerprint density at radius 3 is 2.38 bits per heavy atom. The van der Waals surface area contributed by atoms with Crippen molar-refractivity contribution < 1.29 is 17.9 Å². The zero-order valence-corrected chi connectivity index (χ0v) is 14.6. The van der Waals surface area contributed by atoms with Crippen LogP contribution in [0.2, 0.25) is 0 Å². The van der Waals surface area contributed by atoms with Gasteiger partial charge < -0.3 is 9.64 Å². The summed E-state index contributed by atoms with van der Waals surface area (Å²) in [7, 11) is -1.96. The van der Waals surface area contributed by atoms with E-state index in [4.69, 9.17) is 0 Å². The summed E-state index contributed by atoms with van der Waals surface area (Å²) in [4.78, 5) is 13.4. The van der Waals surface area contributed by atoms with Gasteiger partial charge in [0.15, 0.2) is 9.84 Å². The Morgan fingerprint density at radius 1 is 1.24 bits per heavy atom. The van der Waals surface area contributed by atoms with E-state index < -0.39 is 9.84 Å². The summed E-state index contributed by atoms with van der Waals surface area (Å²) in [5.74, 6) is -0.256. The SMILES string of the molecule is CCN(CCC(=O)OC)CCS(=O)(=O)c1ccc(Br)cc1. The second kappa shape index (κ2) is 8.51. The molecule has 5 nitrogen and oxygen atoms in total. The molecule has 0 aromatic heterocycles. The maximum absolute atomic E-state index is 12.2. The molecule has 0 aliphatic heterocycles. The number of halogens is 1. The van der Waals surface area contributed by atoms with Crippen LogP contribution < -0.4 is 0 Å². The van der Waals surface area contributed by atoms with Gasteiger partial charge in [-0.15, -0.1) is 0 Å². The molecule has 118 valence electrons. The predicted octanol–water partition coefficient (Wildman–Crippen LogP) is 2.11. The molecule has 7 heteroatoms. The molecule has 0 aliphatic rings. The van der Waals surface area contributed by atoms with E-state index in [9.17, 15) is 13.2 Å². The summed E-state index contributed by atoms with van der Waals surface area (Å²) >= 11 is 3.28. The molecular weight excluding hydrogens is 358 g/mol. The van der Waals surface area contributed by atoms with Gasteiger partial charge >= 0.3 is 5.97 Å². The van der Waals surface area contributed by atoms with Crippen molar-refractivity contribution in [3.8, 4) is 0 Å². The fourth-order valence-corrected chi connectivity index (χ4v) is 3.34. The van der Waals surface area contributed by atoms with Crippen molar-refractivity contribution in [1.82, 2.24) is 4.90 Å². The van der Waals surface area contributed by atoms with E-state index in [1.807, 2.05) is 11.8 Å². The summed E-state index contributed by atoms with van der Waals surface area (Å²) in [5.41, 5.74) is 0. The van der Waals surface area contributed by atoms with Crippen molar-refractivity contribution in [2.75, 3.05) is 32.5 Å². The number of hydrogen-bond donors (Lipinski definition) is 0. The summed E-state index contributed by atoms with van der Waals surface area (Å²) in [6, 6.07) is 6.59. The molecule has 0 unspecified atom stereocenters. The van der Waals surface area contributed by atoms with E-state index in [0.717, 1.165) is 4.47 Å². The van der Waals surface area contributed by atoms with E-state index in [1.54, 1.807) is 24.3 Å². The molecule has 0 heterocycles. The van der Waals surface area contributed by atoms with Gasteiger partial charge in [0.2, 0.25) is 0 Å². The van der Waals surface area contributed by atoms with Crippen LogP contribution in [0, 0.1) is 0 Å². The lowest BCUT2D eigenvalue weighted by Gasteiger charge is -2.19. The highest BCUT2D eigenvalue weighted by molar-refractivity contribution is 9.10. The molecule has 0 N–H and O–H groups in total. The minimum Gasteiger partial charge on any atom is -0.469 e. The number of carbonyl (C=O) groups is 1. The standard InChI is InChI=1S/C14H20BrNO4S/c1-3-16(9-8-14(17)20-2)10-11-21(18,19)13-6-4-12(15)5-7-13/h4-7H,3,8-11H2,1-2H3. The zero-order chi connectivity index (χ0) is 15.9. The highest BCUT2D eigenvalue weighted by Gasteiger charge is 2.16. The maximum atomic E-state index is 12.2. The van der Waals surface area contributed by atoms with Crippen LogP contribution in [-0.2, 0) is 19.4 Å². The van der Waals surface area contributed by atoms with Gasteiger partial charge in [-0.3, -0.25) is 4.79 Å². The Balaban J connectivity index is 2.58. The fraction of sp³-hybridized carbons (Fsp3) is 0.500. The third kappa shape index (κ3) is 6.15. The Labute approximate surface area is 134 Å². The highest BCUT2D eigenvalue weighted by atomic mass is 79.9. The van der Waals surface area contributed by atoms with Gasteiger partial charge in [-0.05, 0) is 30.8 Å². The first-order valence-electron chi connectivity index (χ1n) is 6.66. The van der Waals surface area contributed by atoms with E-state index in [0.29, 0.717) is 24.5 Å². The quantitative estimate of drug-likeness (QED) is 0.649. The van der Waals surface area contributed by atoms with Crippen LogP contribution >= 0.6 is 15.9 Å². The molecule has 21 heavy (non-hydrogen) atoms. The molecule has 0 radical (unpaired) electrons. The van der Waals surface area contributed by atoms with Gasteiger partial charge in [-0.25, -0.2) is 8.42 Å². The molecule has 1 aromatic rings. The lowest BCUT2D eigenvalue weighted by atomic mass is 10.4. The van der Waals surface area contributed by atoms with Gasteiger partial charge in [0.25, 0.3) is 0 Å². The minimum atomic E-state index is -3.31. The first-order valence-corrected chi connectivity index (χ1v) is 9.11. The number of esters is 1. The van der Waals surface area contributed by atoms with Crippen LogP contribution in [0.4, 0.5) is 0 Å². The number of ether oxygens (including phenoxy) is 1. The number of benzene rings is 1. The van der Waals surface area contributed by atoms with E-state index in [-0.39, 0.29) is 18.1 Å². The van der Waals surface area contributed by atoms with Crippen molar-refractivity contribution in [3.05, 3.63) is 28.7 Å². The number of sulfone groups is 1. The smallest absolute Gasteiger partial charge is 0.306 e. The van der Waals surface area contributed by atoms with Gasteiger partial charge in [-0.1, -0.05) is 22.9 Å². The molecule has 1 aromatic carbocycles. The topological polar surface area (TPSA) is 63.7 Å². The van der Waals surface area contributed by atoms with E-state index in [1.165, 1.54) is 7.11 Å². The first-order chi connectivity index (χ1) is 9.89. The number of hydrogen-bond acceptors (Lipinski definition) is 5. The lowest BCUT2D eigenvalue weighted by Crippen LogP contribution is -2.31. The monoisotopic (exact) mass is 377 g/mol. The van der Waals surface area contributed by atoms with Crippen LogP contribution in [-0.4, -0.2) is 51.8 Å². The fourth-order valence-electron chi connectivity index (χ4n) is 1.79. The largest absolute Gasteiger partial charge is 0.469 e. The summed E-state index contributed by atoms with van der Waals surface area (Å²) in [6.45, 7) is 3.52. The van der Waals surface area contributed by atoms with Crippen molar-refractivity contribution in [1.29, 1.82) is 0 Å². The summed E-state index contributed by atoms with van der Waals surface area (Å²) < 4.78 is 29.9. The van der Waals surface area contributed by atoms with Crippen LogP contribution in [0.1, 0.15) is 13.3 Å². The van der Waals surface area contributed by atoms with Crippen LogP contribution in [0.5, 0.6) is 0 Å². The average Bonchev–Trinajstić information content (AvgIpc) is 2.47. The number of nitrogens with zero attached hydrogens (tertiary/aromatic N) is 1. The van der Waals surface area contributed by atoms with Gasteiger partial charge in [0.1, 0.15) is 0 Å². The van der Waals surface area contributed by atoms with Crippen LogP contribution in [0.3, 0.4) is 0 Å². The van der Waals surface area contributed by atoms with E-state index in [2.05, 4.69) is 20.7 Å². The molecule has 1 rings (SSSR count). The van der Waals surface area contributed by atoms with Crippen molar-refractivity contribution in [2.24, 2.45) is 0 Å². The molecule has 0 saturated carbocycles. The lowest BCUT2D eigenvalue weighted by molar-refractivity contribution is -0.140.